The maximum absolute atomic E-state index is 10.8. The van der Waals surface area contributed by atoms with E-state index >= 15 is 0 Å². The van der Waals surface area contributed by atoms with Crippen LogP contribution < -0.4 is 0 Å². The number of amides is 1. The quantitative estimate of drug-likeness (QED) is 0.711. The van der Waals surface area contributed by atoms with Gasteiger partial charge in [-0.25, -0.2) is 4.79 Å². The highest BCUT2D eigenvalue weighted by atomic mass is 16.4. The Balaban J connectivity index is 2.20. The van der Waals surface area contributed by atoms with Gasteiger partial charge in [-0.1, -0.05) is 12.8 Å². The lowest BCUT2D eigenvalue weighted by Gasteiger charge is -2.33. The molecule has 0 atom stereocenters. The molecule has 1 aliphatic carbocycles. The standard InChI is InChI=1S/C12H23NO3/c1-13(12(15)16)11-7-5-10(6-8-11)4-2-3-9-14/h10-11,14H,2-9H2,1H3,(H,15,16)/t10-,11-. The molecule has 1 amide bonds. The largest absolute Gasteiger partial charge is 0.465 e. The van der Waals surface area contributed by atoms with E-state index in [9.17, 15) is 4.79 Å². The summed E-state index contributed by atoms with van der Waals surface area (Å²) in [5.41, 5.74) is 0. The first-order chi connectivity index (χ1) is 7.65. The molecule has 2 N–H and O–H groups in total. The molecule has 0 bridgehead atoms. The molecule has 0 heterocycles. The molecule has 4 nitrogen and oxygen atoms in total. The molecular formula is C12H23NO3. The van der Waals surface area contributed by atoms with Crippen LogP contribution in [-0.2, 0) is 0 Å². The van der Waals surface area contributed by atoms with E-state index in [4.69, 9.17) is 10.2 Å². The summed E-state index contributed by atoms with van der Waals surface area (Å²) in [6.07, 6.45) is 6.61. The van der Waals surface area contributed by atoms with Gasteiger partial charge >= 0.3 is 6.09 Å². The van der Waals surface area contributed by atoms with Crippen molar-refractivity contribution in [2.45, 2.75) is 51.0 Å². The average Bonchev–Trinajstić information content (AvgIpc) is 2.29. The lowest BCUT2D eigenvalue weighted by atomic mass is 9.83. The molecule has 0 aliphatic heterocycles. The van der Waals surface area contributed by atoms with E-state index < -0.39 is 6.09 Å². The Morgan fingerprint density at radius 3 is 2.38 bits per heavy atom. The van der Waals surface area contributed by atoms with Gasteiger partial charge < -0.3 is 15.1 Å². The summed E-state index contributed by atoms with van der Waals surface area (Å²) in [7, 11) is 1.67. The van der Waals surface area contributed by atoms with Gasteiger partial charge in [-0.2, -0.15) is 0 Å². The maximum Gasteiger partial charge on any atom is 0.407 e. The van der Waals surface area contributed by atoms with Crippen LogP contribution in [0.2, 0.25) is 0 Å². The molecule has 1 aliphatic rings. The number of rotatable bonds is 5. The van der Waals surface area contributed by atoms with Crippen LogP contribution >= 0.6 is 0 Å². The minimum atomic E-state index is -0.816. The average molecular weight is 229 g/mol. The lowest BCUT2D eigenvalue weighted by Crippen LogP contribution is -2.38. The Kier molecular flexibility index (Phi) is 5.60. The van der Waals surface area contributed by atoms with Gasteiger partial charge in [0.25, 0.3) is 0 Å². The Hall–Kier alpha value is -0.770. The van der Waals surface area contributed by atoms with Crippen LogP contribution in [0.15, 0.2) is 0 Å². The van der Waals surface area contributed by atoms with Gasteiger partial charge in [-0.3, -0.25) is 0 Å². The fourth-order valence-electron chi connectivity index (χ4n) is 2.52. The van der Waals surface area contributed by atoms with Gasteiger partial charge in [0.05, 0.1) is 0 Å². The number of hydrogen-bond donors (Lipinski definition) is 2. The van der Waals surface area contributed by atoms with Crippen molar-refractivity contribution >= 4 is 6.09 Å². The van der Waals surface area contributed by atoms with Crippen LogP contribution in [0.5, 0.6) is 0 Å². The summed E-state index contributed by atoms with van der Waals surface area (Å²) >= 11 is 0. The molecule has 0 unspecified atom stereocenters. The van der Waals surface area contributed by atoms with Crippen LogP contribution in [-0.4, -0.2) is 40.9 Å². The number of aliphatic hydroxyl groups excluding tert-OH is 1. The first-order valence-electron chi connectivity index (χ1n) is 6.21. The first-order valence-corrected chi connectivity index (χ1v) is 6.21. The third kappa shape index (κ3) is 4.00. The number of nitrogens with zero attached hydrogens (tertiary/aromatic N) is 1. The summed E-state index contributed by atoms with van der Waals surface area (Å²) < 4.78 is 0. The van der Waals surface area contributed by atoms with E-state index in [1.807, 2.05) is 0 Å². The van der Waals surface area contributed by atoms with E-state index in [-0.39, 0.29) is 12.6 Å². The SMILES string of the molecule is CN(C(=O)O)[C@H]1CC[C@H](CCCCO)CC1. The molecule has 4 heteroatoms. The van der Waals surface area contributed by atoms with E-state index in [0.29, 0.717) is 0 Å². The van der Waals surface area contributed by atoms with Crippen LogP contribution in [0.1, 0.15) is 44.9 Å². The normalized spacial score (nSPS) is 25.4. The fraction of sp³-hybridized carbons (Fsp3) is 0.917. The highest BCUT2D eigenvalue weighted by molar-refractivity contribution is 5.64. The smallest absolute Gasteiger partial charge is 0.407 e. The number of hydrogen-bond acceptors (Lipinski definition) is 2. The highest BCUT2D eigenvalue weighted by Crippen LogP contribution is 2.30. The van der Waals surface area contributed by atoms with Crippen molar-refractivity contribution < 1.29 is 15.0 Å². The molecule has 0 aromatic heterocycles. The van der Waals surface area contributed by atoms with E-state index in [1.165, 1.54) is 11.3 Å². The number of unbranched alkanes of at least 4 members (excludes halogenated alkanes) is 1. The minimum absolute atomic E-state index is 0.214. The summed E-state index contributed by atoms with van der Waals surface area (Å²) in [5, 5.41) is 17.6. The van der Waals surface area contributed by atoms with Gasteiger partial charge in [-0.05, 0) is 38.0 Å². The summed E-state index contributed by atoms with van der Waals surface area (Å²) in [6, 6.07) is 0.214. The van der Waals surface area contributed by atoms with Crippen molar-refractivity contribution in [2.75, 3.05) is 13.7 Å². The second-order valence-electron chi connectivity index (χ2n) is 4.79. The third-order valence-corrected chi connectivity index (χ3v) is 3.69. The molecule has 16 heavy (non-hydrogen) atoms. The number of carbonyl (C=O) groups is 1. The second-order valence-corrected chi connectivity index (χ2v) is 4.79. The molecule has 1 fully saturated rings. The molecule has 0 saturated heterocycles. The third-order valence-electron chi connectivity index (χ3n) is 3.69. The Labute approximate surface area is 97.3 Å². The first kappa shape index (κ1) is 13.3. The molecule has 0 spiro atoms. The Bertz CT molecular complexity index is 212. The zero-order chi connectivity index (χ0) is 12.0. The van der Waals surface area contributed by atoms with Crippen LogP contribution in [0.3, 0.4) is 0 Å². The van der Waals surface area contributed by atoms with E-state index in [1.54, 1.807) is 7.05 Å². The van der Waals surface area contributed by atoms with Crippen molar-refractivity contribution in [1.29, 1.82) is 0 Å². The predicted molar refractivity (Wildman–Crippen MR) is 62.5 cm³/mol. The summed E-state index contributed by atoms with van der Waals surface area (Å²) in [6.45, 7) is 0.289. The van der Waals surface area contributed by atoms with Crippen molar-refractivity contribution in [3.05, 3.63) is 0 Å². The monoisotopic (exact) mass is 229 g/mol. The zero-order valence-corrected chi connectivity index (χ0v) is 10.1. The molecule has 1 saturated carbocycles. The van der Waals surface area contributed by atoms with Crippen LogP contribution in [0, 0.1) is 5.92 Å². The Morgan fingerprint density at radius 1 is 1.25 bits per heavy atom. The predicted octanol–water partition coefficient (Wildman–Crippen LogP) is 2.32. The molecule has 1 rings (SSSR count). The second kappa shape index (κ2) is 6.74. The number of carboxylic acid groups (broad SMARTS) is 1. The van der Waals surface area contributed by atoms with Gasteiger partial charge in [0.1, 0.15) is 0 Å². The van der Waals surface area contributed by atoms with Crippen molar-refractivity contribution in [1.82, 2.24) is 4.90 Å². The van der Waals surface area contributed by atoms with E-state index in [2.05, 4.69) is 0 Å². The van der Waals surface area contributed by atoms with Crippen molar-refractivity contribution in [2.24, 2.45) is 5.92 Å². The summed E-state index contributed by atoms with van der Waals surface area (Å²) in [5.74, 6) is 0.741. The van der Waals surface area contributed by atoms with Gasteiger partial charge in [0.15, 0.2) is 0 Å². The van der Waals surface area contributed by atoms with Crippen LogP contribution in [0.4, 0.5) is 4.79 Å². The summed E-state index contributed by atoms with van der Waals surface area (Å²) in [4.78, 5) is 12.2. The minimum Gasteiger partial charge on any atom is -0.465 e. The lowest BCUT2D eigenvalue weighted by molar-refractivity contribution is 0.117. The van der Waals surface area contributed by atoms with Gasteiger partial charge in [0, 0.05) is 19.7 Å². The zero-order valence-electron chi connectivity index (χ0n) is 10.1. The molecular weight excluding hydrogens is 206 g/mol. The van der Waals surface area contributed by atoms with Crippen molar-refractivity contribution in [3.63, 3.8) is 0 Å². The van der Waals surface area contributed by atoms with Crippen LogP contribution in [0.25, 0.3) is 0 Å². The van der Waals surface area contributed by atoms with Gasteiger partial charge in [-0.15, -0.1) is 0 Å². The molecule has 0 aromatic carbocycles. The maximum atomic E-state index is 10.8. The molecule has 0 aromatic rings. The van der Waals surface area contributed by atoms with Gasteiger partial charge in [0.2, 0.25) is 0 Å². The van der Waals surface area contributed by atoms with E-state index in [0.717, 1.165) is 44.4 Å². The van der Waals surface area contributed by atoms with Crippen molar-refractivity contribution in [3.8, 4) is 0 Å². The topological polar surface area (TPSA) is 60.8 Å². The highest BCUT2D eigenvalue weighted by Gasteiger charge is 2.25. The number of aliphatic hydroxyl groups is 1. The molecule has 0 radical (unpaired) electrons. The fourth-order valence-corrected chi connectivity index (χ4v) is 2.52. The Morgan fingerprint density at radius 2 is 1.88 bits per heavy atom. The molecule has 94 valence electrons.